The van der Waals surface area contributed by atoms with E-state index in [4.69, 9.17) is 0 Å². The molecule has 2 rings (SSSR count). The molecule has 124 valence electrons. The number of hydrogen-bond donors (Lipinski definition) is 1. The average molecular weight is 295 g/mol. The van der Waals surface area contributed by atoms with E-state index in [9.17, 15) is 0 Å². The zero-order valence-electron chi connectivity index (χ0n) is 14.9. The van der Waals surface area contributed by atoms with Gasteiger partial charge >= 0.3 is 0 Å². The minimum absolute atomic E-state index is 0.717. The lowest BCUT2D eigenvalue weighted by Crippen LogP contribution is -2.60. The third-order valence-electron chi connectivity index (χ3n) is 5.73. The monoisotopic (exact) mass is 294 g/mol. The molecule has 1 heterocycles. The van der Waals surface area contributed by atoms with E-state index in [1.165, 1.54) is 64.6 Å². The Bertz CT molecular complexity index is 283. The normalized spacial score (nSPS) is 30.7. The SMILES string of the molecule is CCC(C)CN1CC(CC(C)C)NCC1C1CCCCC1. The molecule has 0 aromatic rings. The third kappa shape index (κ3) is 5.25. The lowest BCUT2D eigenvalue weighted by molar-refractivity contribution is 0.0554. The largest absolute Gasteiger partial charge is 0.311 e. The maximum absolute atomic E-state index is 3.88. The molecular formula is C19H38N2. The highest BCUT2D eigenvalue weighted by atomic mass is 15.2. The summed E-state index contributed by atoms with van der Waals surface area (Å²) in [4.78, 5) is 2.87. The summed E-state index contributed by atoms with van der Waals surface area (Å²) in [5.74, 6) is 2.60. The Morgan fingerprint density at radius 2 is 1.81 bits per heavy atom. The van der Waals surface area contributed by atoms with Crippen molar-refractivity contribution in [2.45, 2.75) is 84.7 Å². The van der Waals surface area contributed by atoms with Crippen LogP contribution in [0.3, 0.4) is 0 Å². The smallest absolute Gasteiger partial charge is 0.0249 e. The van der Waals surface area contributed by atoms with Crippen molar-refractivity contribution < 1.29 is 0 Å². The summed E-state index contributed by atoms with van der Waals surface area (Å²) in [5, 5.41) is 3.88. The van der Waals surface area contributed by atoms with E-state index in [1.807, 2.05) is 0 Å². The first-order valence-corrected chi connectivity index (χ1v) is 9.57. The molecule has 0 aromatic heterocycles. The quantitative estimate of drug-likeness (QED) is 0.785. The van der Waals surface area contributed by atoms with Crippen LogP contribution in [0.4, 0.5) is 0 Å². The highest BCUT2D eigenvalue weighted by Crippen LogP contribution is 2.31. The van der Waals surface area contributed by atoms with Gasteiger partial charge in [-0.15, -0.1) is 0 Å². The van der Waals surface area contributed by atoms with Gasteiger partial charge in [-0.1, -0.05) is 53.4 Å². The lowest BCUT2D eigenvalue weighted by Gasteiger charge is -2.46. The molecule has 2 nitrogen and oxygen atoms in total. The van der Waals surface area contributed by atoms with Crippen LogP contribution in [-0.2, 0) is 0 Å². The summed E-state index contributed by atoms with van der Waals surface area (Å²) >= 11 is 0. The van der Waals surface area contributed by atoms with Crippen molar-refractivity contribution in [1.82, 2.24) is 10.2 Å². The summed E-state index contributed by atoms with van der Waals surface area (Å²) in [7, 11) is 0. The van der Waals surface area contributed by atoms with Crippen LogP contribution in [0.1, 0.15) is 72.6 Å². The number of nitrogens with one attached hydrogen (secondary N) is 1. The van der Waals surface area contributed by atoms with Gasteiger partial charge in [0.1, 0.15) is 0 Å². The molecule has 1 saturated carbocycles. The topological polar surface area (TPSA) is 15.3 Å². The van der Waals surface area contributed by atoms with Gasteiger partial charge in [0, 0.05) is 31.7 Å². The fourth-order valence-electron chi connectivity index (χ4n) is 4.35. The molecular weight excluding hydrogens is 256 g/mol. The van der Waals surface area contributed by atoms with Crippen LogP contribution < -0.4 is 5.32 Å². The molecule has 1 saturated heterocycles. The first-order chi connectivity index (χ1) is 10.1. The zero-order valence-corrected chi connectivity index (χ0v) is 14.9. The highest BCUT2D eigenvalue weighted by Gasteiger charge is 2.34. The summed E-state index contributed by atoms with van der Waals surface area (Å²) in [5.41, 5.74) is 0. The van der Waals surface area contributed by atoms with Crippen LogP contribution in [0.2, 0.25) is 0 Å². The summed E-state index contributed by atoms with van der Waals surface area (Å²) < 4.78 is 0. The predicted molar refractivity (Wildman–Crippen MR) is 92.6 cm³/mol. The van der Waals surface area contributed by atoms with E-state index < -0.39 is 0 Å². The second-order valence-corrected chi connectivity index (χ2v) is 8.17. The van der Waals surface area contributed by atoms with Crippen LogP contribution in [0, 0.1) is 17.8 Å². The third-order valence-corrected chi connectivity index (χ3v) is 5.73. The maximum atomic E-state index is 3.88. The molecule has 0 spiro atoms. The summed E-state index contributed by atoms with van der Waals surface area (Å²) in [6.45, 7) is 13.3. The Kier molecular flexibility index (Phi) is 7.01. The first kappa shape index (κ1) is 17.3. The molecule has 3 atom stereocenters. The standard InChI is InChI=1S/C19H38N2/c1-5-16(4)13-21-14-18(11-15(2)3)20-12-19(21)17-9-7-6-8-10-17/h15-20H,5-14H2,1-4H3. The van der Waals surface area contributed by atoms with Gasteiger partial charge < -0.3 is 5.32 Å². The highest BCUT2D eigenvalue weighted by molar-refractivity contribution is 4.91. The van der Waals surface area contributed by atoms with Gasteiger partial charge in [0.2, 0.25) is 0 Å². The van der Waals surface area contributed by atoms with Gasteiger partial charge in [-0.25, -0.2) is 0 Å². The molecule has 21 heavy (non-hydrogen) atoms. The number of nitrogens with zero attached hydrogens (tertiary/aromatic N) is 1. The second kappa shape index (κ2) is 8.53. The molecule has 2 fully saturated rings. The van der Waals surface area contributed by atoms with Crippen molar-refractivity contribution in [3.05, 3.63) is 0 Å². The van der Waals surface area contributed by atoms with Crippen molar-refractivity contribution >= 4 is 0 Å². The number of hydrogen-bond acceptors (Lipinski definition) is 2. The fourth-order valence-corrected chi connectivity index (χ4v) is 4.35. The molecule has 2 aliphatic rings. The van der Waals surface area contributed by atoms with Gasteiger partial charge in [0.15, 0.2) is 0 Å². The van der Waals surface area contributed by atoms with E-state index in [1.54, 1.807) is 0 Å². The van der Waals surface area contributed by atoms with Crippen LogP contribution in [0.15, 0.2) is 0 Å². The van der Waals surface area contributed by atoms with E-state index in [0.717, 1.165) is 23.8 Å². The summed E-state index contributed by atoms with van der Waals surface area (Å²) in [6, 6.07) is 1.52. The lowest BCUT2D eigenvalue weighted by atomic mass is 9.81. The van der Waals surface area contributed by atoms with Crippen molar-refractivity contribution in [3.63, 3.8) is 0 Å². The molecule has 0 aromatic carbocycles. The predicted octanol–water partition coefficient (Wildman–Crippen LogP) is 4.30. The first-order valence-electron chi connectivity index (χ1n) is 9.57. The van der Waals surface area contributed by atoms with E-state index in [0.29, 0.717) is 6.04 Å². The molecule has 1 aliphatic heterocycles. The average Bonchev–Trinajstić information content (AvgIpc) is 2.47. The van der Waals surface area contributed by atoms with Crippen molar-refractivity contribution in [3.8, 4) is 0 Å². The molecule has 3 unspecified atom stereocenters. The molecule has 1 aliphatic carbocycles. The van der Waals surface area contributed by atoms with Crippen LogP contribution >= 0.6 is 0 Å². The molecule has 0 amide bonds. The van der Waals surface area contributed by atoms with Crippen molar-refractivity contribution in [2.24, 2.45) is 17.8 Å². The van der Waals surface area contributed by atoms with E-state index in [-0.39, 0.29) is 0 Å². The van der Waals surface area contributed by atoms with Gasteiger partial charge in [-0.2, -0.15) is 0 Å². The van der Waals surface area contributed by atoms with Crippen molar-refractivity contribution in [2.75, 3.05) is 19.6 Å². The molecule has 1 N–H and O–H groups in total. The number of rotatable bonds is 6. The Balaban J connectivity index is 1.96. The Hall–Kier alpha value is -0.0800. The van der Waals surface area contributed by atoms with Gasteiger partial charge in [-0.05, 0) is 37.0 Å². The van der Waals surface area contributed by atoms with Crippen molar-refractivity contribution in [1.29, 1.82) is 0 Å². The maximum Gasteiger partial charge on any atom is 0.0249 e. The molecule has 0 radical (unpaired) electrons. The van der Waals surface area contributed by atoms with Gasteiger partial charge in [-0.3, -0.25) is 4.90 Å². The fraction of sp³-hybridized carbons (Fsp3) is 1.00. The second-order valence-electron chi connectivity index (χ2n) is 8.17. The molecule has 0 bridgehead atoms. The summed E-state index contributed by atoms with van der Waals surface area (Å²) in [6.07, 6.45) is 9.99. The van der Waals surface area contributed by atoms with Gasteiger partial charge in [0.05, 0.1) is 0 Å². The van der Waals surface area contributed by atoms with E-state index >= 15 is 0 Å². The number of piperazine rings is 1. The van der Waals surface area contributed by atoms with Gasteiger partial charge in [0.25, 0.3) is 0 Å². The molecule has 2 heteroatoms. The minimum Gasteiger partial charge on any atom is -0.311 e. The zero-order chi connectivity index (χ0) is 15.2. The Morgan fingerprint density at radius 1 is 1.10 bits per heavy atom. The Labute approximate surface area is 133 Å². The van der Waals surface area contributed by atoms with Crippen LogP contribution in [0.25, 0.3) is 0 Å². The van der Waals surface area contributed by atoms with E-state index in [2.05, 4.69) is 37.9 Å². The van der Waals surface area contributed by atoms with Crippen LogP contribution in [0.5, 0.6) is 0 Å². The minimum atomic E-state index is 0.717. The van der Waals surface area contributed by atoms with Crippen LogP contribution in [-0.4, -0.2) is 36.6 Å². The Morgan fingerprint density at radius 3 is 2.43 bits per heavy atom.